The average molecular weight is 341 g/mol. The van der Waals surface area contributed by atoms with E-state index in [0.717, 1.165) is 23.2 Å². The molecule has 0 atom stereocenters. The van der Waals surface area contributed by atoms with Gasteiger partial charge in [-0.2, -0.15) is 0 Å². The van der Waals surface area contributed by atoms with Crippen molar-refractivity contribution in [1.29, 1.82) is 0 Å². The van der Waals surface area contributed by atoms with Crippen LogP contribution in [0.3, 0.4) is 0 Å². The number of aryl methyl sites for hydroxylation is 2. The van der Waals surface area contributed by atoms with E-state index >= 15 is 0 Å². The van der Waals surface area contributed by atoms with Gasteiger partial charge in [-0.25, -0.2) is 0 Å². The summed E-state index contributed by atoms with van der Waals surface area (Å²) < 4.78 is 4.94. The Morgan fingerprint density at radius 1 is 1.08 bits per heavy atom. The van der Waals surface area contributed by atoms with Gasteiger partial charge in [0, 0.05) is 38.3 Å². The topological polar surface area (TPSA) is 80.3 Å². The van der Waals surface area contributed by atoms with Crippen LogP contribution in [0.15, 0.2) is 36.7 Å². The number of nitrogens with one attached hydrogen (secondary N) is 2. The Morgan fingerprint density at radius 3 is 2.52 bits per heavy atom. The van der Waals surface area contributed by atoms with Gasteiger partial charge in [0.05, 0.1) is 11.1 Å². The quantitative estimate of drug-likeness (QED) is 0.759. The van der Waals surface area contributed by atoms with Crippen LogP contribution in [-0.2, 0) is 4.74 Å². The van der Waals surface area contributed by atoms with Crippen LogP contribution in [-0.4, -0.2) is 37.1 Å². The first kappa shape index (κ1) is 18.6. The molecule has 132 valence electrons. The van der Waals surface area contributed by atoms with Crippen molar-refractivity contribution in [3.8, 4) is 0 Å². The summed E-state index contributed by atoms with van der Waals surface area (Å²) in [6.07, 6.45) is 3.62. The highest BCUT2D eigenvalue weighted by molar-refractivity contribution is 6.06. The first-order valence-corrected chi connectivity index (χ1v) is 8.12. The van der Waals surface area contributed by atoms with Crippen LogP contribution in [0.1, 0.15) is 38.3 Å². The van der Waals surface area contributed by atoms with Gasteiger partial charge in [0.25, 0.3) is 11.8 Å². The number of rotatable bonds is 7. The summed E-state index contributed by atoms with van der Waals surface area (Å²) in [5.74, 6) is -0.555. The number of pyridine rings is 1. The van der Waals surface area contributed by atoms with E-state index in [-0.39, 0.29) is 11.8 Å². The Hall–Kier alpha value is -2.73. The Morgan fingerprint density at radius 2 is 1.80 bits per heavy atom. The number of hydrogen-bond acceptors (Lipinski definition) is 4. The van der Waals surface area contributed by atoms with Gasteiger partial charge in [-0.1, -0.05) is 12.1 Å². The lowest BCUT2D eigenvalue weighted by molar-refractivity contribution is 0.0948. The van der Waals surface area contributed by atoms with Crippen molar-refractivity contribution < 1.29 is 14.3 Å². The molecule has 0 saturated carbocycles. The minimum atomic E-state index is -0.296. The molecule has 2 amide bonds. The van der Waals surface area contributed by atoms with E-state index in [9.17, 15) is 9.59 Å². The zero-order valence-corrected chi connectivity index (χ0v) is 14.8. The fourth-order valence-electron chi connectivity index (χ4n) is 2.27. The van der Waals surface area contributed by atoms with Gasteiger partial charge in [-0.15, -0.1) is 0 Å². The summed E-state index contributed by atoms with van der Waals surface area (Å²) in [6.45, 7) is 4.98. The summed E-state index contributed by atoms with van der Waals surface area (Å²) in [5, 5.41) is 5.64. The second-order valence-corrected chi connectivity index (χ2v) is 5.84. The van der Waals surface area contributed by atoms with E-state index in [0.29, 0.717) is 24.3 Å². The molecule has 2 aromatic rings. The van der Waals surface area contributed by atoms with Crippen molar-refractivity contribution in [1.82, 2.24) is 10.3 Å². The molecule has 0 aliphatic carbocycles. The summed E-state index contributed by atoms with van der Waals surface area (Å²) in [7, 11) is 1.61. The molecule has 1 heterocycles. The zero-order chi connectivity index (χ0) is 18.2. The SMILES string of the molecule is COCCCNC(=O)c1cncc(C(=O)Nc2cc(C)ccc2C)c1. The molecule has 0 aliphatic heterocycles. The van der Waals surface area contributed by atoms with Crippen molar-refractivity contribution in [2.45, 2.75) is 20.3 Å². The number of ether oxygens (including phenoxy) is 1. The molecule has 0 saturated heterocycles. The highest BCUT2D eigenvalue weighted by atomic mass is 16.5. The van der Waals surface area contributed by atoms with E-state index in [4.69, 9.17) is 4.74 Å². The fourth-order valence-corrected chi connectivity index (χ4v) is 2.27. The number of nitrogens with zero attached hydrogens (tertiary/aromatic N) is 1. The van der Waals surface area contributed by atoms with E-state index in [2.05, 4.69) is 15.6 Å². The number of methoxy groups -OCH3 is 1. The lowest BCUT2D eigenvalue weighted by Crippen LogP contribution is -2.25. The van der Waals surface area contributed by atoms with Crippen molar-refractivity contribution in [3.63, 3.8) is 0 Å². The van der Waals surface area contributed by atoms with E-state index in [1.165, 1.54) is 12.4 Å². The fraction of sp³-hybridized carbons (Fsp3) is 0.316. The molecule has 0 aliphatic rings. The molecular formula is C19H23N3O3. The standard InChI is InChI=1S/C19H23N3O3/c1-13-5-6-14(2)17(9-13)22-19(24)16-10-15(11-20-12-16)18(23)21-7-4-8-25-3/h5-6,9-12H,4,7-8H2,1-3H3,(H,21,23)(H,22,24). The Balaban J connectivity index is 2.05. The second kappa shape index (κ2) is 8.94. The third kappa shape index (κ3) is 5.39. The molecule has 0 radical (unpaired) electrons. The largest absolute Gasteiger partial charge is 0.385 e. The van der Waals surface area contributed by atoms with Gasteiger partial charge >= 0.3 is 0 Å². The second-order valence-electron chi connectivity index (χ2n) is 5.84. The molecule has 25 heavy (non-hydrogen) atoms. The van der Waals surface area contributed by atoms with Crippen LogP contribution >= 0.6 is 0 Å². The Labute approximate surface area is 147 Å². The van der Waals surface area contributed by atoms with Crippen LogP contribution in [0.4, 0.5) is 5.69 Å². The zero-order valence-electron chi connectivity index (χ0n) is 14.8. The van der Waals surface area contributed by atoms with E-state index in [1.54, 1.807) is 13.2 Å². The van der Waals surface area contributed by atoms with E-state index in [1.807, 2.05) is 32.0 Å². The monoisotopic (exact) mass is 341 g/mol. The summed E-state index contributed by atoms with van der Waals surface area (Å²) in [6, 6.07) is 7.39. The van der Waals surface area contributed by atoms with Crippen molar-refractivity contribution >= 4 is 17.5 Å². The minimum absolute atomic E-state index is 0.259. The maximum atomic E-state index is 12.5. The molecule has 0 fully saturated rings. The van der Waals surface area contributed by atoms with Gasteiger partial charge in [0.1, 0.15) is 0 Å². The molecular weight excluding hydrogens is 318 g/mol. The van der Waals surface area contributed by atoms with Gasteiger partial charge in [-0.3, -0.25) is 14.6 Å². The highest BCUT2D eigenvalue weighted by Gasteiger charge is 2.12. The van der Waals surface area contributed by atoms with Gasteiger partial charge < -0.3 is 15.4 Å². The third-order valence-electron chi connectivity index (χ3n) is 3.71. The Bertz CT molecular complexity index is 759. The van der Waals surface area contributed by atoms with E-state index < -0.39 is 0 Å². The molecule has 6 heteroatoms. The predicted octanol–water partition coefficient (Wildman–Crippen LogP) is 2.72. The van der Waals surface area contributed by atoms with Crippen LogP contribution in [0.25, 0.3) is 0 Å². The van der Waals surface area contributed by atoms with Gasteiger partial charge in [0.15, 0.2) is 0 Å². The highest BCUT2D eigenvalue weighted by Crippen LogP contribution is 2.17. The van der Waals surface area contributed by atoms with Crippen molar-refractivity contribution in [3.05, 3.63) is 58.9 Å². The summed E-state index contributed by atoms with van der Waals surface area (Å²) >= 11 is 0. The summed E-state index contributed by atoms with van der Waals surface area (Å²) in [5.41, 5.74) is 3.47. The number of carbonyl (C=O) groups is 2. The molecule has 1 aromatic heterocycles. The molecule has 0 unspecified atom stereocenters. The molecule has 6 nitrogen and oxygen atoms in total. The molecule has 0 spiro atoms. The lowest BCUT2D eigenvalue weighted by atomic mass is 10.1. The van der Waals surface area contributed by atoms with Crippen LogP contribution in [0.5, 0.6) is 0 Å². The number of benzene rings is 1. The van der Waals surface area contributed by atoms with Gasteiger partial charge in [0.2, 0.25) is 0 Å². The van der Waals surface area contributed by atoms with Crippen molar-refractivity contribution in [2.24, 2.45) is 0 Å². The normalized spacial score (nSPS) is 10.4. The molecule has 0 bridgehead atoms. The first-order valence-electron chi connectivity index (χ1n) is 8.12. The predicted molar refractivity (Wildman–Crippen MR) is 96.9 cm³/mol. The number of amides is 2. The number of anilines is 1. The average Bonchev–Trinajstić information content (AvgIpc) is 2.61. The van der Waals surface area contributed by atoms with Gasteiger partial charge in [-0.05, 0) is 43.5 Å². The van der Waals surface area contributed by atoms with Crippen molar-refractivity contribution in [2.75, 3.05) is 25.6 Å². The maximum absolute atomic E-state index is 12.5. The summed E-state index contributed by atoms with van der Waals surface area (Å²) in [4.78, 5) is 28.6. The smallest absolute Gasteiger partial charge is 0.257 e. The first-order chi connectivity index (χ1) is 12.0. The lowest BCUT2D eigenvalue weighted by Gasteiger charge is -2.10. The number of hydrogen-bond donors (Lipinski definition) is 2. The Kier molecular flexibility index (Phi) is 6.65. The maximum Gasteiger partial charge on any atom is 0.257 e. The van der Waals surface area contributed by atoms with Crippen LogP contribution in [0.2, 0.25) is 0 Å². The number of carbonyl (C=O) groups excluding carboxylic acids is 2. The molecule has 2 N–H and O–H groups in total. The third-order valence-corrected chi connectivity index (χ3v) is 3.71. The molecule has 1 aromatic carbocycles. The van der Waals surface area contributed by atoms with Crippen LogP contribution < -0.4 is 10.6 Å². The number of aromatic nitrogens is 1. The minimum Gasteiger partial charge on any atom is -0.385 e. The van der Waals surface area contributed by atoms with Crippen LogP contribution in [0, 0.1) is 13.8 Å². The molecule has 2 rings (SSSR count).